The summed E-state index contributed by atoms with van der Waals surface area (Å²) in [4.78, 5) is 24.1. The van der Waals surface area contributed by atoms with Crippen LogP contribution in [0, 0.1) is 11.3 Å². The van der Waals surface area contributed by atoms with Gasteiger partial charge >= 0.3 is 6.18 Å². The molecule has 1 aliphatic carbocycles. The maximum Gasteiger partial charge on any atom is 0.397 e. The number of aliphatic imine (C=N–C) groups is 1. The Morgan fingerprint density at radius 2 is 2.09 bits per heavy atom. The maximum absolute atomic E-state index is 12.7. The normalized spacial score (nSPS) is 19.1. The van der Waals surface area contributed by atoms with Gasteiger partial charge in [0.1, 0.15) is 18.3 Å². The van der Waals surface area contributed by atoms with Crippen LogP contribution in [0.5, 0.6) is 0 Å². The van der Waals surface area contributed by atoms with Crippen molar-refractivity contribution in [3.8, 4) is 6.07 Å². The van der Waals surface area contributed by atoms with Crippen molar-refractivity contribution in [3.05, 3.63) is 53.9 Å². The number of nitrogens with zero attached hydrogens (tertiary/aromatic N) is 5. The van der Waals surface area contributed by atoms with Crippen LogP contribution in [0.25, 0.3) is 5.57 Å². The molecule has 1 atom stereocenters. The molecular formula is C26H30F3N5O. The first-order chi connectivity index (χ1) is 16.7. The number of hydrogen-bond donors (Lipinski definition) is 0. The molecular weight excluding hydrogens is 455 g/mol. The van der Waals surface area contributed by atoms with Crippen molar-refractivity contribution in [2.45, 2.75) is 57.2 Å². The van der Waals surface area contributed by atoms with Crippen molar-refractivity contribution < 1.29 is 18.0 Å². The van der Waals surface area contributed by atoms with Gasteiger partial charge in [0.25, 0.3) is 0 Å². The molecule has 186 valence electrons. The van der Waals surface area contributed by atoms with Gasteiger partial charge in [0, 0.05) is 43.4 Å². The van der Waals surface area contributed by atoms with E-state index >= 15 is 0 Å². The van der Waals surface area contributed by atoms with Gasteiger partial charge in [0.05, 0.1) is 11.3 Å². The van der Waals surface area contributed by atoms with Crippen molar-refractivity contribution in [2.24, 2.45) is 4.99 Å². The number of carbonyl (C=O) groups is 1. The van der Waals surface area contributed by atoms with E-state index in [1.165, 1.54) is 4.90 Å². The molecule has 0 bridgehead atoms. The molecule has 0 aromatic carbocycles. The molecule has 0 spiro atoms. The van der Waals surface area contributed by atoms with Crippen LogP contribution in [0.2, 0.25) is 0 Å². The second-order valence-electron chi connectivity index (χ2n) is 8.88. The highest BCUT2D eigenvalue weighted by molar-refractivity contribution is 5.79. The fraction of sp³-hybridized carbons (Fsp3) is 0.462. The Hall–Kier alpha value is -3.41. The summed E-state index contributed by atoms with van der Waals surface area (Å²) >= 11 is 0. The third-order valence-corrected chi connectivity index (χ3v) is 6.12. The monoisotopic (exact) mass is 485 g/mol. The van der Waals surface area contributed by atoms with Gasteiger partial charge in [0.2, 0.25) is 5.91 Å². The molecule has 1 aromatic heterocycles. The average molecular weight is 486 g/mol. The number of carbonyl (C=O) groups excluding carboxylic acids is 1. The van der Waals surface area contributed by atoms with Gasteiger partial charge in [-0.15, -0.1) is 6.58 Å². The van der Waals surface area contributed by atoms with E-state index in [1.807, 2.05) is 23.1 Å². The molecule has 1 unspecified atom stereocenters. The Balaban J connectivity index is 1.93. The van der Waals surface area contributed by atoms with Gasteiger partial charge in [-0.2, -0.15) is 18.4 Å². The topological polar surface area (TPSA) is 72.6 Å². The van der Waals surface area contributed by atoms with Crippen LogP contribution in [0.15, 0.2) is 42.1 Å². The summed E-state index contributed by atoms with van der Waals surface area (Å²) < 4.78 is 38.1. The number of alkyl halides is 3. The smallest absolute Gasteiger partial charge is 0.352 e. The number of allylic oxidation sites excluding steroid dienone is 4. The molecule has 1 aromatic rings. The van der Waals surface area contributed by atoms with Crippen LogP contribution in [0.3, 0.4) is 0 Å². The Morgan fingerprint density at radius 1 is 1.34 bits per heavy atom. The van der Waals surface area contributed by atoms with Crippen LogP contribution in [0.4, 0.5) is 19.0 Å². The Labute approximate surface area is 204 Å². The zero-order chi connectivity index (χ0) is 25.6. The molecule has 2 fully saturated rings. The first-order valence-electron chi connectivity index (χ1n) is 11.7. The molecule has 9 heteroatoms. The summed E-state index contributed by atoms with van der Waals surface area (Å²) in [5.74, 6) is -0.121. The van der Waals surface area contributed by atoms with Crippen LogP contribution in [-0.2, 0) is 4.79 Å². The van der Waals surface area contributed by atoms with Crippen LogP contribution in [-0.4, -0.2) is 54.4 Å². The molecule has 2 aliphatic rings. The molecule has 1 saturated carbocycles. The largest absolute Gasteiger partial charge is 0.397 e. The van der Waals surface area contributed by atoms with Crippen LogP contribution < -0.4 is 4.90 Å². The second kappa shape index (κ2) is 11.3. The number of rotatable bonds is 9. The second-order valence-corrected chi connectivity index (χ2v) is 8.88. The van der Waals surface area contributed by atoms with E-state index in [9.17, 15) is 23.2 Å². The zero-order valence-corrected chi connectivity index (χ0v) is 19.9. The SMILES string of the molecule is C=CCC/C=C(\C=C/N=C)c1cc(C#N)c(N2CCN(C(=O)CC(F)(F)F)C(C)C2)nc1C1CC1. The van der Waals surface area contributed by atoms with Gasteiger partial charge in [-0.3, -0.25) is 9.79 Å². The minimum Gasteiger partial charge on any atom is -0.352 e. The standard InChI is InChI=1S/C26H30F3N5O/c1-4-5-6-7-19(10-11-31-3)22-14-21(16-30)25(32-24(22)20-8-9-20)33-12-13-34(18(2)17-33)23(35)15-26(27,28)29/h4,7,10-11,14,18,20H,1,3,5-6,8-9,12-13,15,17H2,2H3/b11-10-,19-7+. The summed E-state index contributed by atoms with van der Waals surface area (Å²) in [6.07, 6.45) is 4.97. The van der Waals surface area contributed by atoms with E-state index < -0.39 is 24.5 Å². The lowest BCUT2D eigenvalue weighted by Crippen LogP contribution is -2.55. The lowest BCUT2D eigenvalue weighted by molar-refractivity contribution is -0.163. The van der Waals surface area contributed by atoms with Crippen molar-refractivity contribution in [1.82, 2.24) is 9.88 Å². The van der Waals surface area contributed by atoms with Crippen LogP contribution in [0.1, 0.15) is 61.8 Å². The maximum atomic E-state index is 12.7. The molecule has 1 saturated heterocycles. The van der Waals surface area contributed by atoms with Gasteiger partial charge in [0.15, 0.2) is 0 Å². The quantitative estimate of drug-likeness (QED) is 0.204. The molecule has 1 aliphatic heterocycles. The Kier molecular flexibility index (Phi) is 8.49. The molecule has 6 nitrogen and oxygen atoms in total. The van der Waals surface area contributed by atoms with Gasteiger partial charge < -0.3 is 9.80 Å². The third-order valence-electron chi connectivity index (χ3n) is 6.12. The number of hydrogen-bond acceptors (Lipinski definition) is 5. The molecule has 2 heterocycles. The number of halogens is 3. The fourth-order valence-electron chi connectivity index (χ4n) is 4.29. The average Bonchev–Trinajstić information content (AvgIpc) is 3.64. The Bertz CT molecular complexity index is 1070. The number of nitriles is 1. The molecule has 3 rings (SSSR count). The summed E-state index contributed by atoms with van der Waals surface area (Å²) in [5.41, 5.74) is 3.08. The molecule has 1 amide bonds. The number of piperazine rings is 1. The van der Waals surface area contributed by atoms with E-state index in [-0.39, 0.29) is 12.5 Å². The summed E-state index contributed by atoms with van der Waals surface area (Å²) in [5, 5.41) is 9.94. The van der Waals surface area contributed by atoms with Crippen molar-refractivity contribution in [1.29, 1.82) is 5.26 Å². The van der Waals surface area contributed by atoms with Gasteiger partial charge in [-0.05, 0) is 57.0 Å². The lowest BCUT2D eigenvalue weighted by atomic mass is 9.97. The van der Waals surface area contributed by atoms with Crippen molar-refractivity contribution in [3.63, 3.8) is 0 Å². The predicted octanol–water partition coefficient (Wildman–Crippen LogP) is 5.38. The van der Waals surface area contributed by atoms with Gasteiger partial charge in [-0.25, -0.2) is 4.98 Å². The highest BCUT2D eigenvalue weighted by Crippen LogP contribution is 2.44. The number of anilines is 1. The third kappa shape index (κ3) is 6.81. The lowest BCUT2D eigenvalue weighted by Gasteiger charge is -2.41. The summed E-state index contributed by atoms with van der Waals surface area (Å²) in [6, 6.07) is 3.65. The van der Waals surface area contributed by atoms with E-state index in [2.05, 4.69) is 30.4 Å². The number of unbranched alkanes of at least 4 members (excludes halogenated alkanes) is 1. The number of pyridine rings is 1. The van der Waals surface area contributed by atoms with Crippen molar-refractivity contribution >= 4 is 24.0 Å². The molecule has 0 radical (unpaired) electrons. The van der Waals surface area contributed by atoms with E-state index in [0.717, 1.165) is 42.5 Å². The highest BCUT2D eigenvalue weighted by atomic mass is 19.4. The number of aromatic nitrogens is 1. The highest BCUT2D eigenvalue weighted by Gasteiger charge is 2.37. The molecule has 35 heavy (non-hydrogen) atoms. The first-order valence-corrected chi connectivity index (χ1v) is 11.7. The summed E-state index contributed by atoms with van der Waals surface area (Å²) in [7, 11) is 0. The van der Waals surface area contributed by atoms with E-state index in [1.54, 1.807) is 13.1 Å². The fourth-order valence-corrected chi connectivity index (χ4v) is 4.29. The molecule has 0 N–H and O–H groups in total. The van der Waals surface area contributed by atoms with Crippen LogP contribution >= 0.6 is 0 Å². The predicted molar refractivity (Wildman–Crippen MR) is 131 cm³/mol. The zero-order valence-electron chi connectivity index (χ0n) is 19.9. The minimum absolute atomic E-state index is 0.142. The number of amides is 1. The minimum atomic E-state index is -4.54. The van der Waals surface area contributed by atoms with E-state index in [0.29, 0.717) is 24.5 Å². The van der Waals surface area contributed by atoms with Gasteiger partial charge in [-0.1, -0.05) is 12.2 Å². The van der Waals surface area contributed by atoms with Crippen molar-refractivity contribution in [2.75, 3.05) is 24.5 Å². The summed E-state index contributed by atoms with van der Waals surface area (Å²) in [6.45, 7) is 9.73. The first kappa shape index (κ1) is 26.2. The Morgan fingerprint density at radius 3 is 2.66 bits per heavy atom. The van der Waals surface area contributed by atoms with E-state index in [4.69, 9.17) is 4.98 Å².